The number of nitrogens with one attached hydrogen (secondary N) is 3. The Labute approximate surface area is 169 Å². The maximum atomic E-state index is 12.6. The number of methoxy groups -OCH3 is 1. The van der Waals surface area contributed by atoms with E-state index in [1.165, 1.54) is 32.2 Å². The third-order valence-corrected chi connectivity index (χ3v) is 5.09. The van der Waals surface area contributed by atoms with Crippen LogP contribution in [0.2, 0.25) is 5.02 Å². The number of halogens is 2. The van der Waals surface area contributed by atoms with Crippen molar-refractivity contribution in [1.82, 2.24) is 19.7 Å². The SMILES string of the molecule is COc1nc(C)nc(NC(=O)NS(=O)(=O)c2c(Cl)cccc2NC(=O)CCl)n1. The molecule has 0 aliphatic heterocycles. The van der Waals surface area contributed by atoms with Crippen molar-refractivity contribution < 1.29 is 22.7 Å². The summed E-state index contributed by atoms with van der Waals surface area (Å²) in [6, 6.07) is 2.77. The number of anilines is 2. The molecule has 0 bridgehead atoms. The molecule has 150 valence electrons. The summed E-state index contributed by atoms with van der Waals surface area (Å²) in [4.78, 5) is 34.6. The topological polar surface area (TPSA) is 152 Å². The lowest BCUT2D eigenvalue weighted by molar-refractivity contribution is -0.113. The van der Waals surface area contributed by atoms with Crippen LogP contribution in [0.3, 0.4) is 0 Å². The first kappa shape index (κ1) is 21.6. The van der Waals surface area contributed by atoms with Crippen LogP contribution in [0.1, 0.15) is 5.82 Å². The highest BCUT2D eigenvalue weighted by Crippen LogP contribution is 2.29. The molecule has 3 amide bonds. The Hall–Kier alpha value is -2.70. The number of alkyl halides is 1. The van der Waals surface area contributed by atoms with E-state index < -0.39 is 32.7 Å². The van der Waals surface area contributed by atoms with Gasteiger partial charge >= 0.3 is 12.0 Å². The van der Waals surface area contributed by atoms with Crippen LogP contribution in [0.4, 0.5) is 16.4 Å². The molecule has 0 aliphatic carbocycles. The van der Waals surface area contributed by atoms with Crippen molar-refractivity contribution in [2.24, 2.45) is 0 Å². The predicted molar refractivity (Wildman–Crippen MR) is 101 cm³/mol. The summed E-state index contributed by atoms with van der Waals surface area (Å²) < 4.78 is 31.8. The zero-order valence-electron chi connectivity index (χ0n) is 14.5. The molecule has 0 saturated carbocycles. The molecule has 0 atom stereocenters. The Morgan fingerprint density at radius 2 is 1.89 bits per heavy atom. The van der Waals surface area contributed by atoms with Crippen LogP contribution in [0.25, 0.3) is 0 Å². The molecule has 0 radical (unpaired) electrons. The standard InChI is InChI=1S/C14H14Cl2N6O5S/c1-7-17-12(21-14(18-7)27-2)20-13(24)22-28(25,26)11-8(16)4-3-5-9(11)19-10(23)6-15/h3-5H,6H2,1-2H3,(H,19,23)(H2,17,18,20,21,22,24). The number of hydrogen-bond acceptors (Lipinski definition) is 8. The van der Waals surface area contributed by atoms with Crippen LogP contribution in [0.5, 0.6) is 6.01 Å². The molecular weight excluding hydrogens is 435 g/mol. The van der Waals surface area contributed by atoms with Crippen molar-refractivity contribution in [2.45, 2.75) is 11.8 Å². The van der Waals surface area contributed by atoms with Crippen LogP contribution in [-0.2, 0) is 14.8 Å². The van der Waals surface area contributed by atoms with Gasteiger partial charge in [0.05, 0.1) is 17.8 Å². The number of benzene rings is 1. The van der Waals surface area contributed by atoms with Gasteiger partial charge in [-0.3, -0.25) is 10.1 Å². The first-order chi connectivity index (χ1) is 13.2. The van der Waals surface area contributed by atoms with E-state index >= 15 is 0 Å². The van der Waals surface area contributed by atoms with Gasteiger partial charge in [-0.2, -0.15) is 15.0 Å². The number of carbonyl (C=O) groups excluding carboxylic acids is 2. The Balaban J connectivity index is 2.27. The Morgan fingerprint density at radius 3 is 2.54 bits per heavy atom. The number of carbonyl (C=O) groups is 2. The second kappa shape index (κ2) is 8.99. The third kappa shape index (κ3) is 5.41. The van der Waals surface area contributed by atoms with Gasteiger partial charge in [-0.1, -0.05) is 17.7 Å². The molecule has 2 aromatic rings. The fourth-order valence-electron chi connectivity index (χ4n) is 1.97. The van der Waals surface area contributed by atoms with Crippen molar-refractivity contribution in [3.8, 4) is 6.01 Å². The number of sulfonamides is 1. The van der Waals surface area contributed by atoms with Gasteiger partial charge in [-0.15, -0.1) is 11.6 Å². The average Bonchev–Trinajstić information content (AvgIpc) is 2.60. The Bertz CT molecular complexity index is 1020. The molecule has 1 heterocycles. The number of amides is 3. The quantitative estimate of drug-likeness (QED) is 0.562. The summed E-state index contributed by atoms with van der Waals surface area (Å²) in [5.41, 5.74) is -0.142. The second-order valence-corrected chi connectivity index (χ2v) is 7.34. The minimum absolute atomic E-state index is 0.0668. The van der Waals surface area contributed by atoms with Gasteiger partial charge in [0.2, 0.25) is 11.9 Å². The van der Waals surface area contributed by atoms with Gasteiger partial charge in [0.15, 0.2) is 0 Å². The molecule has 0 saturated heterocycles. The number of urea groups is 1. The molecular formula is C14H14Cl2N6O5S. The second-order valence-electron chi connectivity index (χ2n) is 5.05. The van der Waals surface area contributed by atoms with E-state index in [1.807, 2.05) is 0 Å². The number of nitrogens with zero attached hydrogens (tertiary/aromatic N) is 3. The molecule has 0 aliphatic rings. The van der Waals surface area contributed by atoms with Crippen molar-refractivity contribution in [2.75, 3.05) is 23.6 Å². The highest BCUT2D eigenvalue weighted by Gasteiger charge is 2.26. The van der Waals surface area contributed by atoms with Crippen LogP contribution < -0.4 is 20.1 Å². The number of ether oxygens (including phenoxy) is 1. The van der Waals surface area contributed by atoms with Gasteiger partial charge in [0.1, 0.15) is 16.6 Å². The Morgan fingerprint density at radius 1 is 1.18 bits per heavy atom. The number of aromatic nitrogens is 3. The number of rotatable bonds is 6. The van der Waals surface area contributed by atoms with Gasteiger partial charge in [0.25, 0.3) is 10.0 Å². The molecule has 0 unspecified atom stereocenters. The lowest BCUT2D eigenvalue weighted by Crippen LogP contribution is -2.35. The van der Waals surface area contributed by atoms with E-state index in [1.54, 1.807) is 4.72 Å². The van der Waals surface area contributed by atoms with Crippen LogP contribution in [0, 0.1) is 6.92 Å². The van der Waals surface area contributed by atoms with Gasteiger partial charge < -0.3 is 10.1 Å². The van der Waals surface area contributed by atoms with Gasteiger partial charge in [0, 0.05) is 0 Å². The third-order valence-electron chi connectivity index (χ3n) is 2.99. The summed E-state index contributed by atoms with van der Waals surface area (Å²) in [6.45, 7) is 1.53. The molecule has 2 rings (SSSR count). The molecule has 28 heavy (non-hydrogen) atoms. The summed E-state index contributed by atoms with van der Waals surface area (Å²) >= 11 is 11.4. The zero-order chi connectivity index (χ0) is 20.9. The molecule has 0 spiro atoms. The monoisotopic (exact) mass is 448 g/mol. The van der Waals surface area contributed by atoms with Crippen LogP contribution in [0.15, 0.2) is 23.1 Å². The van der Waals surface area contributed by atoms with Crippen molar-refractivity contribution in [3.05, 3.63) is 29.0 Å². The lowest BCUT2D eigenvalue weighted by Gasteiger charge is -2.13. The van der Waals surface area contributed by atoms with Gasteiger partial charge in [-0.05, 0) is 19.1 Å². The van der Waals surface area contributed by atoms with Crippen molar-refractivity contribution in [3.63, 3.8) is 0 Å². The van der Waals surface area contributed by atoms with E-state index in [4.69, 9.17) is 27.9 Å². The van der Waals surface area contributed by atoms with Gasteiger partial charge in [-0.25, -0.2) is 17.9 Å². The summed E-state index contributed by atoms with van der Waals surface area (Å²) in [5, 5.41) is 4.23. The van der Waals surface area contributed by atoms with Crippen LogP contribution in [-0.4, -0.2) is 48.3 Å². The molecule has 1 aromatic carbocycles. The predicted octanol–water partition coefficient (Wildman–Crippen LogP) is 1.53. The van der Waals surface area contributed by atoms with E-state index in [9.17, 15) is 18.0 Å². The molecule has 1 aromatic heterocycles. The van der Waals surface area contributed by atoms with Crippen molar-refractivity contribution in [1.29, 1.82) is 0 Å². The largest absolute Gasteiger partial charge is 0.467 e. The highest BCUT2D eigenvalue weighted by atomic mass is 35.5. The molecule has 11 nitrogen and oxygen atoms in total. The maximum absolute atomic E-state index is 12.6. The average molecular weight is 449 g/mol. The fraction of sp³-hybridized carbons (Fsp3) is 0.214. The minimum Gasteiger partial charge on any atom is -0.467 e. The van der Waals surface area contributed by atoms with Crippen molar-refractivity contribution >= 4 is 56.8 Å². The summed E-state index contributed by atoms with van der Waals surface area (Å²) in [6.07, 6.45) is 0. The number of aryl methyl sites for hydroxylation is 1. The maximum Gasteiger partial charge on any atom is 0.335 e. The summed E-state index contributed by atoms with van der Waals surface area (Å²) in [5.74, 6) is -1.05. The molecule has 14 heteroatoms. The normalized spacial score (nSPS) is 10.9. The zero-order valence-corrected chi connectivity index (χ0v) is 16.8. The first-order valence-electron chi connectivity index (χ1n) is 7.41. The Kier molecular flexibility index (Phi) is 6.94. The smallest absolute Gasteiger partial charge is 0.335 e. The van der Waals surface area contributed by atoms with Crippen LogP contribution >= 0.6 is 23.2 Å². The summed E-state index contributed by atoms with van der Waals surface area (Å²) in [7, 11) is -3.16. The minimum atomic E-state index is -4.47. The fourth-order valence-corrected chi connectivity index (χ4v) is 3.65. The van der Waals surface area contributed by atoms with E-state index in [0.29, 0.717) is 0 Å². The highest BCUT2D eigenvalue weighted by molar-refractivity contribution is 7.90. The van der Waals surface area contributed by atoms with E-state index in [0.717, 1.165) is 0 Å². The first-order valence-corrected chi connectivity index (χ1v) is 9.80. The van der Waals surface area contributed by atoms with E-state index in [-0.39, 0.29) is 28.5 Å². The molecule has 3 N–H and O–H groups in total. The van der Waals surface area contributed by atoms with E-state index in [2.05, 4.69) is 25.6 Å². The number of hydrogen-bond donors (Lipinski definition) is 3. The molecule has 0 fully saturated rings. The lowest BCUT2D eigenvalue weighted by atomic mass is 10.3.